The Balaban J connectivity index is 1.11. The van der Waals surface area contributed by atoms with Gasteiger partial charge in [0.15, 0.2) is 17.5 Å². The standard InChI is InChI=1S/C51H31N3S/c1-2-12-32(13-3-1)37-30-31-44(41-17-7-6-16-39(37)41)51-53-49(52-50(54-51)43-21-10-20-40-36-15-5-4-14-33(36)28-29-42(40)43)35-26-24-34(25-27-35)38-19-11-23-47-48(38)45-18-8-9-22-46(45)55-47/h1-31H. The number of aromatic nitrogens is 3. The van der Waals surface area contributed by atoms with Gasteiger partial charge >= 0.3 is 0 Å². The molecule has 11 aromatic rings. The van der Waals surface area contributed by atoms with E-state index in [9.17, 15) is 0 Å². The molecule has 0 bridgehead atoms. The van der Waals surface area contributed by atoms with Crippen LogP contribution in [-0.4, -0.2) is 15.0 Å². The SMILES string of the molecule is c1ccc(-c2ccc(-c3nc(-c4ccc(-c5cccc6sc7ccccc7c56)cc4)nc(-c4cccc5c4ccc4ccccc45)n3)c3ccccc23)cc1. The normalized spacial score (nSPS) is 11.6. The molecular weight excluding hydrogens is 687 g/mol. The Morgan fingerprint density at radius 3 is 1.62 bits per heavy atom. The molecule has 11 rings (SSSR count). The van der Waals surface area contributed by atoms with E-state index in [0.717, 1.165) is 38.4 Å². The third-order valence-electron chi connectivity index (χ3n) is 10.8. The third-order valence-corrected chi connectivity index (χ3v) is 11.9. The topological polar surface area (TPSA) is 38.7 Å². The van der Waals surface area contributed by atoms with Crippen molar-refractivity contribution in [2.24, 2.45) is 0 Å². The second-order valence-electron chi connectivity index (χ2n) is 13.9. The Morgan fingerprint density at radius 1 is 0.273 bits per heavy atom. The molecule has 0 N–H and O–H groups in total. The van der Waals surface area contributed by atoms with E-state index in [1.807, 2.05) is 11.3 Å². The van der Waals surface area contributed by atoms with Crippen molar-refractivity contribution in [2.45, 2.75) is 0 Å². The first-order valence-corrected chi connectivity index (χ1v) is 19.3. The van der Waals surface area contributed by atoms with E-state index < -0.39 is 0 Å². The minimum Gasteiger partial charge on any atom is -0.208 e. The molecule has 0 unspecified atom stereocenters. The molecule has 9 aromatic carbocycles. The van der Waals surface area contributed by atoms with Crippen LogP contribution in [0.4, 0.5) is 0 Å². The minimum absolute atomic E-state index is 0.639. The molecule has 4 heteroatoms. The zero-order valence-corrected chi connectivity index (χ0v) is 30.5. The predicted octanol–water partition coefficient (Wildman–Crippen LogP) is 14.0. The molecule has 0 spiro atoms. The molecule has 55 heavy (non-hydrogen) atoms. The highest BCUT2D eigenvalue weighted by Crippen LogP contribution is 2.41. The van der Waals surface area contributed by atoms with Crippen LogP contribution in [0.15, 0.2) is 188 Å². The van der Waals surface area contributed by atoms with E-state index in [-0.39, 0.29) is 0 Å². The van der Waals surface area contributed by atoms with Crippen molar-refractivity contribution in [3.63, 3.8) is 0 Å². The molecule has 0 aliphatic heterocycles. The lowest BCUT2D eigenvalue weighted by Crippen LogP contribution is -2.01. The Labute approximate surface area is 321 Å². The molecule has 0 aliphatic rings. The molecule has 0 saturated carbocycles. The average Bonchev–Trinajstić information content (AvgIpc) is 3.65. The highest BCUT2D eigenvalue weighted by atomic mass is 32.1. The molecule has 0 atom stereocenters. The van der Waals surface area contributed by atoms with E-state index in [2.05, 4.69) is 188 Å². The number of hydrogen-bond donors (Lipinski definition) is 0. The number of benzene rings is 9. The average molecular weight is 718 g/mol. The number of nitrogens with zero attached hydrogens (tertiary/aromatic N) is 3. The third kappa shape index (κ3) is 5.30. The summed E-state index contributed by atoms with van der Waals surface area (Å²) in [5.74, 6) is 1.93. The molecule has 0 radical (unpaired) electrons. The van der Waals surface area contributed by atoms with E-state index in [4.69, 9.17) is 15.0 Å². The fourth-order valence-corrected chi connectivity index (χ4v) is 9.29. The van der Waals surface area contributed by atoms with Crippen molar-refractivity contribution in [3.8, 4) is 56.4 Å². The largest absolute Gasteiger partial charge is 0.208 e. The Bertz CT molecular complexity index is 3260. The van der Waals surface area contributed by atoms with Gasteiger partial charge in [-0.1, -0.05) is 170 Å². The minimum atomic E-state index is 0.639. The van der Waals surface area contributed by atoms with Gasteiger partial charge in [0, 0.05) is 36.9 Å². The Morgan fingerprint density at radius 2 is 0.800 bits per heavy atom. The van der Waals surface area contributed by atoms with Crippen LogP contribution in [0.2, 0.25) is 0 Å². The van der Waals surface area contributed by atoms with Crippen molar-refractivity contribution < 1.29 is 0 Å². The summed E-state index contributed by atoms with van der Waals surface area (Å²) in [5, 5.41) is 9.56. The smallest absolute Gasteiger partial charge is 0.164 e. The van der Waals surface area contributed by atoms with Crippen molar-refractivity contribution in [1.29, 1.82) is 0 Å². The Hall–Kier alpha value is -7.01. The Kier molecular flexibility index (Phi) is 7.35. The summed E-state index contributed by atoms with van der Waals surface area (Å²) < 4.78 is 2.60. The van der Waals surface area contributed by atoms with Gasteiger partial charge in [-0.05, 0) is 72.8 Å². The van der Waals surface area contributed by atoms with Gasteiger partial charge in [0.2, 0.25) is 0 Å². The molecule has 2 heterocycles. The quantitative estimate of drug-likeness (QED) is 0.166. The van der Waals surface area contributed by atoms with Crippen LogP contribution in [0.25, 0.3) is 109 Å². The first-order chi connectivity index (χ1) is 27.3. The summed E-state index contributed by atoms with van der Waals surface area (Å²) in [4.78, 5) is 15.8. The van der Waals surface area contributed by atoms with Crippen LogP contribution in [0.1, 0.15) is 0 Å². The lowest BCUT2D eigenvalue weighted by Gasteiger charge is -2.14. The maximum Gasteiger partial charge on any atom is 0.164 e. The lowest BCUT2D eigenvalue weighted by molar-refractivity contribution is 1.08. The van der Waals surface area contributed by atoms with Crippen molar-refractivity contribution in [1.82, 2.24) is 15.0 Å². The molecule has 0 amide bonds. The van der Waals surface area contributed by atoms with Gasteiger partial charge in [-0.15, -0.1) is 11.3 Å². The van der Waals surface area contributed by atoms with Crippen LogP contribution in [0.5, 0.6) is 0 Å². The highest BCUT2D eigenvalue weighted by Gasteiger charge is 2.18. The highest BCUT2D eigenvalue weighted by molar-refractivity contribution is 7.25. The summed E-state index contributed by atoms with van der Waals surface area (Å²) in [7, 11) is 0. The zero-order valence-electron chi connectivity index (χ0n) is 29.6. The van der Waals surface area contributed by atoms with Gasteiger partial charge in [0.05, 0.1) is 0 Å². The number of rotatable bonds is 5. The fourth-order valence-electron chi connectivity index (χ4n) is 8.16. The van der Waals surface area contributed by atoms with Crippen LogP contribution in [-0.2, 0) is 0 Å². The summed E-state index contributed by atoms with van der Waals surface area (Å²) >= 11 is 1.84. The van der Waals surface area contributed by atoms with Crippen molar-refractivity contribution >= 4 is 63.8 Å². The molecular formula is C51H31N3S. The van der Waals surface area contributed by atoms with Gasteiger partial charge in [-0.2, -0.15) is 0 Å². The lowest BCUT2D eigenvalue weighted by atomic mass is 9.94. The summed E-state index contributed by atoms with van der Waals surface area (Å²) in [6.07, 6.45) is 0. The van der Waals surface area contributed by atoms with Crippen LogP contribution < -0.4 is 0 Å². The molecule has 0 fully saturated rings. The number of fused-ring (bicyclic) bond motifs is 7. The van der Waals surface area contributed by atoms with Gasteiger partial charge in [-0.3, -0.25) is 0 Å². The van der Waals surface area contributed by atoms with E-state index in [1.165, 1.54) is 53.0 Å². The molecule has 0 saturated heterocycles. The number of thiophene rings is 1. The van der Waals surface area contributed by atoms with Crippen LogP contribution in [0.3, 0.4) is 0 Å². The summed E-state index contributed by atoms with van der Waals surface area (Å²) in [5.41, 5.74) is 7.63. The van der Waals surface area contributed by atoms with Gasteiger partial charge in [0.25, 0.3) is 0 Å². The van der Waals surface area contributed by atoms with E-state index in [1.54, 1.807) is 0 Å². The molecule has 256 valence electrons. The summed E-state index contributed by atoms with van der Waals surface area (Å²) in [6.45, 7) is 0. The molecule has 0 aliphatic carbocycles. The van der Waals surface area contributed by atoms with Crippen molar-refractivity contribution in [3.05, 3.63) is 188 Å². The first-order valence-electron chi connectivity index (χ1n) is 18.5. The van der Waals surface area contributed by atoms with Gasteiger partial charge in [0.1, 0.15) is 0 Å². The first kappa shape index (κ1) is 31.5. The fraction of sp³-hybridized carbons (Fsp3) is 0. The van der Waals surface area contributed by atoms with E-state index in [0.29, 0.717) is 17.5 Å². The molecule has 3 nitrogen and oxygen atoms in total. The summed E-state index contributed by atoms with van der Waals surface area (Å²) in [6, 6.07) is 66.8. The maximum atomic E-state index is 5.28. The van der Waals surface area contributed by atoms with Gasteiger partial charge in [-0.25, -0.2) is 15.0 Å². The van der Waals surface area contributed by atoms with Crippen molar-refractivity contribution in [2.75, 3.05) is 0 Å². The molecule has 2 aromatic heterocycles. The van der Waals surface area contributed by atoms with Gasteiger partial charge < -0.3 is 0 Å². The monoisotopic (exact) mass is 717 g/mol. The van der Waals surface area contributed by atoms with Crippen LogP contribution in [0, 0.1) is 0 Å². The second-order valence-corrected chi connectivity index (χ2v) is 15.0. The number of hydrogen-bond acceptors (Lipinski definition) is 4. The zero-order chi connectivity index (χ0) is 36.3. The van der Waals surface area contributed by atoms with Crippen LogP contribution >= 0.6 is 11.3 Å². The predicted molar refractivity (Wildman–Crippen MR) is 232 cm³/mol. The second kappa shape index (κ2) is 12.8. The van der Waals surface area contributed by atoms with E-state index >= 15 is 0 Å². The maximum absolute atomic E-state index is 5.28.